The number of methoxy groups -OCH3 is 1. The molecular formula is C14H18N2O6S. The first-order valence-electron chi connectivity index (χ1n) is 6.77. The molecular weight excluding hydrogens is 324 g/mol. The zero-order chi connectivity index (χ0) is 17.2. The van der Waals surface area contributed by atoms with Crippen molar-refractivity contribution < 1.29 is 24.0 Å². The largest absolute Gasteiger partial charge is 0.455 e. The van der Waals surface area contributed by atoms with Crippen LogP contribution in [0.4, 0.5) is 5.69 Å². The second kappa shape index (κ2) is 9.80. The molecule has 0 spiro atoms. The number of carbonyl (C=O) groups excluding carboxylic acids is 2. The summed E-state index contributed by atoms with van der Waals surface area (Å²) in [7, 11) is 1.52. The van der Waals surface area contributed by atoms with E-state index in [0.717, 1.165) is 0 Å². The van der Waals surface area contributed by atoms with E-state index in [1.54, 1.807) is 19.1 Å². The van der Waals surface area contributed by atoms with E-state index in [0.29, 0.717) is 18.0 Å². The van der Waals surface area contributed by atoms with Crippen molar-refractivity contribution in [2.24, 2.45) is 0 Å². The highest BCUT2D eigenvalue weighted by Crippen LogP contribution is 2.25. The van der Waals surface area contributed by atoms with Crippen LogP contribution >= 0.6 is 11.8 Å². The number of ether oxygens (including phenoxy) is 2. The predicted molar refractivity (Wildman–Crippen MR) is 84.3 cm³/mol. The zero-order valence-electron chi connectivity index (χ0n) is 12.8. The summed E-state index contributed by atoms with van der Waals surface area (Å²) in [6.07, 6.45) is 0. The van der Waals surface area contributed by atoms with E-state index in [1.165, 1.54) is 31.0 Å². The molecule has 0 saturated heterocycles. The van der Waals surface area contributed by atoms with Crippen molar-refractivity contribution in [2.75, 3.05) is 26.9 Å². The van der Waals surface area contributed by atoms with Gasteiger partial charge in [0.05, 0.1) is 11.5 Å². The Morgan fingerprint density at radius 1 is 1.35 bits per heavy atom. The molecule has 0 fully saturated rings. The van der Waals surface area contributed by atoms with Crippen molar-refractivity contribution in [3.63, 3.8) is 0 Å². The summed E-state index contributed by atoms with van der Waals surface area (Å²) in [5, 5.41) is 12.6. The van der Waals surface area contributed by atoms with Crippen molar-refractivity contribution in [1.29, 1.82) is 0 Å². The second-order valence-electron chi connectivity index (χ2n) is 4.46. The fourth-order valence-electron chi connectivity index (χ4n) is 1.50. The molecule has 1 amide bonds. The number of nitro benzene ring substituents is 1. The molecule has 0 aromatic heterocycles. The molecule has 1 aromatic carbocycles. The van der Waals surface area contributed by atoms with E-state index in [4.69, 9.17) is 9.47 Å². The Bertz CT molecular complexity index is 549. The number of thioether (sulfide) groups is 1. The maximum atomic E-state index is 11.8. The van der Waals surface area contributed by atoms with Crippen LogP contribution in [0.1, 0.15) is 6.92 Å². The van der Waals surface area contributed by atoms with Gasteiger partial charge in [0.15, 0.2) is 6.61 Å². The summed E-state index contributed by atoms with van der Waals surface area (Å²) in [6.45, 7) is 2.01. The summed E-state index contributed by atoms with van der Waals surface area (Å²) in [5.41, 5.74) is -0.0164. The quantitative estimate of drug-likeness (QED) is 0.237. The first kappa shape index (κ1) is 18.9. The Hall–Kier alpha value is -2.13. The smallest absolute Gasteiger partial charge is 0.319 e. The van der Waals surface area contributed by atoms with Crippen LogP contribution in [-0.4, -0.2) is 48.9 Å². The number of carbonyl (C=O) groups is 2. The minimum atomic E-state index is -0.539. The van der Waals surface area contributed by atoms with Gasteiger partial charge < -0.3 is 14.8 Å². The van der Waals surface area contributed by atoms with Crippen LogP contribution in [0.15, 0.2) is 29.2 Å². The van der Waals surface area contributed by atoms with Crippen molar-refractivity contribution in [1.82, 2.24) is 5.32 Å². The van der Waals surface area contributed by atoms with E-state index in [1.807, 2.05) is 0 Å². The Morgan fingerprint density at radius 3 is 2.57 bits per heavy atom. The lowest BCUT2D eigenvalue weighted by molar-refractivity contribution is -0.384. The van der Waals surface area contributed by atoms with Gasteiger partial charge in [-0.25, -0.2) is 0 Å². The predicted octanol–water partition coefficient (Wildman–Crippen LogP) is 1.38. The number of non-ortho nitro benzene ring substituents is 1. The van der Waals surface area contributed by atoms with Crippen LogP contribution in [0.3, 0.4) is 0 Å². The summed E-state index contributed by atoms with van der Waals surface area (Å²) >= 11 is 1.20. The molecule has 1 N–H and O–H groups in total. The van der Waals surface area contributed by atoms with Gasteiger partial charge in [0, 0.05) is 30.7 Å². The molecule has 23 heavy (non-hydrogen) atoms. The highest BCUT2D eigenvalue weighted by Gasteiger charge is 2.17. The number of hydrogen-bond acceptors (Lipinski definition) is 7. The van der Waals surface area contributed by atoms with Gasteiger partial charge in [-0.15, -0.1) is 11.8 Å². The third-order valence-corrected chi connectivity index (χ3v) is 3.76. The van der Waals surface area contributed by atoms with Crippen molar-refractivity contribution >= 4 is 29.3 Å². The molecule has 1 rings (SSSR count). The van der Waals surface area contributed by atoms with E-state index in [9.17, 15) is 19.7 Å². The molecule has 0 unspecified atom stereocenters. The van der Waals surface area contributed by atoms with Crippen LogP contribution in [0.25, 0.3) is 0 Å². The molecule has 126 valence electrons. The SMILES string of the molecule is COCCNC(=O)COC(=O)[C@@H](C)Sc1ccc([N+](=O)[O-])cc1. The summed E-state index contributed by atoms with van der Waals surface area (Å²) in [4.78, 5) is 34.0. The molecule has 0 radical (unpaired) electrons. The van der Waals surface area contributed by atoms with Crippen molar-refractivity contribution in [2.45, 2.75) is 17.1 Å². The third kappa shape index (κ3) is 7.11. The fourth-order valence-corrected chi connectivity index (χ4v) is 2.36. The van der Waals surface area contributed by atoms with Gasteiger partial charge in [-0.1, -0.05) is 0 Å². The van der Waals surface area contributed by atoms with E-state index < -0.39 is 22.0 Å². The van der Waals surface area contributed by atoms with Gasteiger partial charge in [-0.2, -0.15) is 0 Å². The molecule has 0 heterocycles. The molecule has 0 saturated carbocycles. The number of hydrogen-bond donors (Lipinski definition) is 1. The lowest BCUT2D eigenvalue weighted by Crippen LogP contribution is -2.32. The van der Waals surface area contributed by atoms with Crippen LogP contribution < -0.4 is 5.32 Å². The Labute approximate surface area is 137 Å². The minimum Gasteiger partial charge on any atom is -0.455 e. The van der Waals surface area contributed by atoms with E-state index in [2.05, 4.69) is 5.32 Å². The molecule has 0 aliphatic heterocycles. The van der Waals surface area contributed by atoms with Crippen molar-refractivity contribution in [3.8, 4) is 0 Å². The maximum Gasteiger partial charge on any atom is 0.319 e. The van der Waals surface area contributed by atoms with E-state index >= 15 is 0 Å². The molecule has 1 atom stereocenters. The monoisotopic (exact) mass is 342 g/mol. The van der Waals surface area contributed by atoms with Gasteiger partial charge in [0.1, 0.15) is 5.25 Å². The van der Waals surface area contributed by atoms with Crippen LogP contribution in [0.5, 0.6) is 0 Å². The first-order chi connectivity index (χ1) is 10.9. The number of benzene rings is 1. The van der Waals surface area contributed by atoms with Crippen LogP contribution in [0.2, 0.25) is 0 Å². The molecule has 0 bridgehead atoms. The Balaban J connectivity index is 2.38. The molecule has 0 aliphatic carbocycles. The number of nitro groups is 1. The maximum absolute atomic E-state index is 11.8. The van der Waals surface area contributed by atoms with Gasteiger partial charge in [0.2, 0.25) is 0 Å². The highest BCUT2D eigenvalue weighted by atomic mass is 32.2. The summed E-state index contributed by atoms with van der Waals surface area (Å²) in [6, 6.07) is 5.85. The zero-order valence-corrected chi connectivity index (χ0v) is 13.6. The molecule has 8 nitrogen and oxygen atoms in total. The number of rotatable bonds is 9. The first-order valence-corrected chi connectivity index (χ1v) is 7.65. The number of nitrogens with zero attached hydrogens (tertiary/aromatic N) is 1. The normalized spacial score (nSPS) is 11.6. The average molecular weight is 342 g/mol. The van der Waals surface area contributed by atoms with Crippen LogP contribution in [0, 0.1) is 10.1 Å². The Kier molecular flexibility index (Phi) is 8.06. The highest BCUT2D eigenvalue weighted by molar-refractivity contribution is 8.00. The number of nitrogens with one attached hydrogen (secondary N) is 1. The number of esters is 1. The molecule has 1 aromatic rings. The lowest BCUT2D eigenvalue weighted by atomic mass is 10.3. The van der Waals surface area contributed by atoms with Gasteiger partial charge >= 0.3 is 5.97 Å². The fraction of sp³-hybridized carbons (Fsp3) is 0.429. The van der Waals surface area contributed by atoms with E-state index in [-0.39, 0.29) is 12.3 Å². The van der Waals surface area contributed by atoms with Gasteiger partial charge in [0.25, 0.3) is 11.6 Å². The molecule has 9 heteroatoms. The van der Waals surface area contributed by atoms with Gasteiger partial charge in [-0.3, -0.25) is 19.7 Å². The topological polar surface area (TPSA) is 108 Å². The Morgan fingerprint density at radius 2 is 2.00 bits per heavy atom. The van der Waals surface area contributed by atoms with Crippen molar-refractivity contribution in [3.05, 3.63) is 34.4 Å². The second-order valence-corrected chi connectivity index (χ2v) is 5.88. The van der Waals surface area contributed by atoms with Crippen LogP contribution in [-0.2, 0) is 19.1 Å². The standard InChI is InChI=1S/C14H18N2O6S/c1-10(14(18)22-9-13(17)15-7-8-21-2)23-12-5-3-11(4-6-12)16(19)20/h3-6,10H,7-9H2,1-2H3,(H,15,17)/t10-/m1/s1. The number of amides is 1. The summed E-state index contributed by atoms with van der Waals surface area (Å²) < 4.78 is 9.69. The summed E-state index contributed by atoms with van der Waals surface area (Å²) in [5.74, 6) is -0.932. The minimum absolute atomic E-state index is 0.0164. The lowest BCUT2D eigenvalue weighted by Gasteiger charge is -2.11. The average Bonchev–Trinajstić information content (AvgIpc) is 2.53. The third-order valence-electron chi connectivity index (χ3n) is 2.67. The molecule has 0 aliphatic rings. The van der Waals surface area contributed by atoms with Gasteiger partial charge in [-0.05, 0) is 19.1 Å².